The average Bonchev–Trinajstić information content (AvgIpc) is 2.77. The van der Waals surface area contributed by atoms with Crippen LogP contribution in [0.5, 0.6) is 0 Å². The first-order chi connectivity index (χ1) is 7.33. The van der Waals surface area contributed by atoms with Crippen molar-refractivity contribution in [3.63, 3.8) is 0 Å². The lowest BCUT2D eigenvalue weighted by atomic mass is 10.0. The largest absolute Gasteiger partial charge is 0.376 e. The third kappa shape index (κ3) is 2.09. The van der Waals surface area contributed by atoms with Crippen LogP contribution in [0, 0.1) is 0 Å². The van der Waals surface area contributed by atoms with Crippen molar-refractivity contribution < 1.29 is 9.53 Å². The molecule has 1 aromatic heterocycles. The van der Waals surface area contributed by atoms with E-state index in [1.165, 1.54) is 6.42 Å². The summed E-state index contributed by atoms with van der Waals surface area (Å²) in [6.45, 7) is 2.91. The molecule has 15 heavy (non-hydrogen) atoms. The Hall–Kier alpha value is -1.16. The summed E-state index contributed by atoms with van der Waals surface area (Å²) < 4.78 is 7.59. The van der Waals surface area contributed by atoms with Crippen LogP contribution in [0.2, 0.25) is 0 Å². The summed E-state index contributed by atoms with van der Waals surface area (Å²) in [6, 6.07) is 0.188. The molecule has 1 fully saturated rings. The number of hydrogen-bond donors (Lipinski definition) is 0. The smallest absolute Gasteiger partial charge is 0.168 e. The number of ether oxygens (including phenoxy) is 1. The van der Waals surface area contributed by atoms with Crippen molar-refractivity contribution in [3.05, 3.63) is 18.2 Å². The van der Waals surface area contributed by atoms with Gasteiger partial charge in [0.05, 0.1) is 24.7 Å². The van der Waals surface area contributed by atoms with E-state index in [4.69, 9.17) is 4.74 Å². The highest BCUT2D eigenvalue weighted by molar-refractivity contribution is 5.71. The minimum Gasteiger partial charge on any atom is -0.376 e. The monoisotopic (exact) mass is 208 g/mol. The van der Waals surface area contributed by atoms with E-state index in [2.05, 4.69) is 11.9 Å². The van der Waals surface area contributed by atoms with Gasteiger partial charge in [0.15, 0.2) is 6.29 Å². The molecule has 1 aliphatic rings. The fraction of sp³-hybridized carbons (Fsp3) is 0.636. The van der Waals surface area contributed by atoms with Crippen molar-refractivity contribution in [2.75, 3.05) is 6.61 Å². The molecule has 0 bridgehead atoms. The topological polar surface area (TPSA) is 44.1 Å². The summed E-state index contributed by atoms with van der Waals surface area (Å²) in [4.78, 5) is 14.8. The van der Waals surface area contributed by atoms with Crippen molar-refractivity contribution in [2.45, 2.75) is 38.3 Å². The number of aldehydes is 1. The van der Waals surface area contributed by atoms with Gasteiger partial charge < -0.3 is 9.30 Å². The SMILES string of the molecule is CC(C1CCCCO1)n1cncc1C=O. The number of carbonyl (C=O) groups excluding carboxylic acids is 1. The summed E-state index contributed by atoms with van der Waals surface area (Å²) >= 11 is 0. The van der Waals surface area contributed by atoms with Crippen molar-refractivity contribution in [1.82, 2.24) is 9.55 Å². The zero-order valence-electron chi connectivity index (χ0n) is 8.93. The summed E-state index contributed by atoms with van der Waals surface area (Å²) in [5.74, 6) is 0. The lowest BCUT2D eigenvalue weighted by Crippen LogP contribution is -2.28. The Balaban J connectivity index is 2.11. The van der Waals surface area contributed by atoms with Crippen LogP contribution in [0.1, 0.15) is 42.7 Å². The van der Waals surface area contributed by atoms with Crippen LogP contribution in [-0.2, 0) is 4.74 Å². The second-order valence-corrected chi connectivity index (χ2v) is 3.99. The molecule has 4 nitrogen and oxygen atoms in total. The summed E-state index contributed by atoms with van der Waals surface area (Å²) in [5.41, 5.74) is 0.622. The molecule has 82 valence electrons. The van der Waals surface area contributed by atoms with Gasteiger partial charge in [-0.15, -0.1) is 0 Å². The van der Waals surface area contributed by atoms with Gasteiger partial charge in [-0.25, -0.2) is 4.98 Å². The molecule has 4 heteroatoms. The van der Waals surface area contributed by atoms with E-state index in [1.807, 2.05) is 4.57 Å². The second kappa shape index (κ2) is 4.57. The molecular weight excluding hydrogens is 192 g/mol. The predicted octanol–water partition coefficient (Wildman–Crippen LogP) is 1.83. The molecule has 0 spiro atoms. The van der Waals surface area contributed by atoms with Crippen LogP contribution in [0.25, 0.3) is 0 Å². The first-order valence-corrected chi connectivity index (χ1v) is 5.41. The van der Waals surface area contributed by atoms with Gasteiger partial charge in [-0.3, -0.25) is 4.79 Å². The highest BCUT2D eigenvalue weighted by Crippen LogP contribution is 2.24. The normalized spacial score (nSPS) is 23.7. The van der Waals surface area contributed by atoms with E-state index in [-0.39, 0.29) is 12.1 Å². The highest BCUT2D eigenvalue weighted by Gasteiger charge is 2.23. The maximum Gasteiger partial charge on any atom is 0.168 e. The summed E-state index contributed by atoms with van der Waals surface area (Å²) in [6.07, 6.45) is 7.77. The molecule has 0 aromatic carbocycles. The van der Waals surface area contributed by atoms with Crippen LogP contribution in [0.3, 0.4) is 0 Å². The Morgan fingerprint density at radius 3 is 3.20 bits per heavy atom. The van der Waals surface area contributed by atoms with Crippen molar-refractivity contribution >= 4 is 6.29 Å². The van der Waals surface area contributed by atoms with E-state index in [1.54, 1.807) is 12.5 Å². The third-order valence-electron chi connectivity index (χ3n) is 3.01. The molecule has 0 aliphatic carbocycles. The van der Waals surface area contributed by atoms with Gasteiger partial charge >= 0.3 is 0 Å². The van der Waals surface area contributed by atoms with Crippen molar-refractivity contribution in [1.29, 1.82) is 0 Å². The fourth-order valence-electron chi connectivity index (χ4n) is 2.07. The molecule has 0 amide bonds. The lowest BCUT2D eigenvalue weighted by molar-refractivity contribution is -0.0126. The molecule has 2 heterocycles. The molecular formula is C11H16N2O2. The van der Waals surface area contributed by atoms with Gasteiger partial charge in [0.1, 0.15) is 5.69 Å². The van der Waals surface area contributed by atoms with Gasteiger partial charge in [-0.05, 0) is 26.2 Å². The first kappa shape index (κ1) is 10.4. The third-order valence-corrected chi connectivity index (χ3v) is 3.01. The molecule has 0 saturated carbocycles. The van der Waals surface area contributed by atoms with E-state index < -0.39 is 0 Å². The molecule has 1 aromatic rings. The fourth-order valence-corrected chi connectivity index (χ4v) is 2.07. The van der Waals surface area contributed by atoms with Crippen LogP contribution in [0.15, 0.2) is 12.5 Å². The first-order valence-electron chi connectivity index (χ1n) is 5.41. The molecule has 0 N–H and O–H groups in total. The Morgan fingerprint density at radius 2 is 2.53 bits per heavy atom. The minimum absolute atomic E-state index is 0.188. The lowest BCUT2D eigenvalue weighted by Gasteiger charge is -2.29. The van der Waals surface area contributed by atoms with Gasteiger partial charge in [-0.2, -0.15) is 0 Å². The number of carbonyl (C=O) groups is 1. The number of nitrogens with zero attached hydrogens (tertiary/aromatic N) is 2. The van der Waals surface area contributed by atoms with Crippen molar-refractivity contribution in [3.8, 4) is 0 Å². The van der Waals surface area contributed by atoms with Crippen LogP contribution >= 0.6 is 0 Å². The van der Waals surface area contributed by atoms with E-state index in [0.29, 0.717) is 5.69 Å². The number of hydrogen-bond acceptors (Lipinski definition) is 3. The Kier molecular flexibility index (Phi) is 3.16. The molecule has 1 aliphatic heterocycles. The van der Waals surface area contributed by atoms with E-state index in [9.17, 15) is 4.79 Å². The van der Waals surface area contributed by atoms with Crippen LogP contribution in [0.4, 0.5) is 0 Å². The molecule has 1 saturated heterocycles. The molecule has 2 atom stereocenters. The molecule has 2 rings (SSSR count). The maximum absolute atomic E-state index is 10.8. The van der Waals surface area contributed by atoms with Crippen LogP contribution < -0.4 is 0 Å². The van der Waals surface area contributed by atoms with Gasteiger partial charge in [0.25, 0.3) is 0 Å². The number of aromatic nitrogens is 2. The van der Waals surface area contributed by atoms with Crippen molar-refractivity contribution in [2.24, 2.45) is 0 Å². The van der Waals surface area contributed by atoms with Gasteiger partial charge in [0.2, 0.25) is 0 Å². The highest BCUT2D eigenvalue weighted by atomic mass is 16.5. The van der Waals surface area contributed by atoms with E-state index >= 15 is 0 Å². The van der Waals surface area contributed by atoms with E-state index in [0.717, 1.165) is 25.7 Å². The number of imidazole rings is 1. The maximum atomic E-state index is 10.8. The predicted molar refractivity (Wildman–Crippen MR) is 55.9 cm³/mol. The quantitative estimate of drug-likeness (QED) is 0.712. The zero-order chi connectivity index (χ0) is 10.7. The summed E-state index contributed by atoms with van der Waals surface area (Å²) in [5, 5.41) is 0. The standard InChI is InChI=1S/C11H16N2O2/c1-9(11-4-2-3-5-15-11)13-8-12-6-10(13)7-14/h6-9,11H,2-5H2,1H3. The Morgan fingerprint density at radius 1 is 1.67 bits per heavy atom. The average molecular weight is 208 g/mol. The van der Waals surface area contributed by atoms with Crippen LogP contribution in [-0.4, -0.2) is 28.5 Å². The minimum atomic E-state index is 0.188. The van der Waals surface area contributed by atoms with Gasteiger partial charge in [-0.1, -0.05) is 0 Å². The zero-order valence-corrected chi connectivity index (χ0v) is 8.93. The molecule has 0 radical (unpaired) electrons. The Bertz CT molecular complexity index is 329. The molecule has 2 unspecified atom stereocenters. The number of rotatable bonds is 3. The second-order valence-electron chi connectivity index (χ2n) is 3.99. The Labute approximate surface area is 89.3 Å². The summed E-state index contributed by atoms with van der Waals surface area (Å²) in [7, 11) is 0. The van der Waals surface area contributed by atoms with Gasteiger partial charge in [0, 0.05) is 6.61 Å².